The van der Waals surface area contributed by atoms with Crippen molar-refractivity contribution in [3.63, 3.8) is 0 Å². The first kappa shape index (κ1) is 10.1. The molecule has 0 aromatic rings. The van der Waals surface area contributed by atoms with Crippen molar-refractivity contribution in [1.29, 1.82) is 0 Å². The van der Waals surface area contributed by atoms with Crippen LogP contribution in [0.2, 0.25) is 0 Å². The Hall–Kier alpha value is -0.880. The maximum absolute atomic E-state index is 10.6. The van der Waals surface area contributed by atoms with Gasteiger partial charge in [0.25, 0.3) is 0 Å². The molecule has 5 nitrogen and oxygen atoms in total. The van der Waals surface area contributed by atoms with Gasteiger partial charge in [-0.1, -0.05) is 6.58 Å². The molecular weight excluding hydrogens is 170 g/mol. The molecule has 0 spiro atoms. The van der Waals surface area contributed by atoms with Crippen LogP contribution in [0.25, 0.3) is 0 Å². The van der Waals surface area contributed by atoms with E-state index >= 15 is 0 Å². The summed E-state index contributed by atoms with van der Waals surface area (Å²) >= 11 is -2.52. The van der Waals surface area contributed by atoms with E-state index in [1.54, 1.807) is 11.6 Å². The molecule has 1 atom stereocenters. The molecule has 0 aliphatic carbocycles. The quantitative estimate of drug-likeness (QED) is 0.356. The number of carbonyl (C=O) groups is 1. The van der Waals surface area contributed by atoms with Crippen molar-refractivity contribution in [3.05, 3.63) is 12.3 Å². The molecule has 0 saturated carbocycles. The molecule has 0 amide bonds. The van der Waals surface area contributed by atoms with Gasteiger partial charge in [0, 0.05) is 11.3 Å². The first-order valence-corrected chi connectivity index (χ1v) is 3.87. The molecule has 0 radical (unpaired) electrons. The first-order chi connectivity index (χ1) is 5.07. The van der Waals surface area contributed by atoms with Gasteiger partial charge in [-0.25, -0.2) is 4.79 Å². The Kier molecular flexibility index (Phi) is 4.47. The highest BCUT2D eigenvalue weighted by Gasteiger charge is 2.05. The van der Waals surface area contributed by atoms with Crippen LogP contribution in [-0.4, -0.2) is 21.3 Å². The summed E-state index contributed by atoms with van der Waals surface area (Å²) in [4.78, 5) is 10.6. The normalized spacial score (nSPS) is 11.8. The molecule has 11 heavy (non-hydrogen) atoms. The average molecular weight is 178 g/mol. The summed E-state index contributed by atoms with van der Waals surface area (Å²) in [6.45, 7) is 4.93. The topological polar surface area (TPSA) is 78.5 Å². The highest BCUT2D eigenvalue weighted by molar-refractivity contribution is 7.77. The van der Waals surface area contributed by atoms with Gasteiger partial charge in [0.15, 0.2) is 0 Å². The summed E-state index contributed by atoms with van der Waals surface area (Å²) in [5, 5.41) is 0. The number of nitrogens with one attached hydrogen (secondary N) is 1. The van der Waals surface area contributed by atoms with Crippen molar-refractivity contribution >= 4 is 17.2 Å². The number of rotatable bonds is 4. The third-order valence-corrected chi connectivity index (χ3v) is 1.14. The van der Waals surface area contributed by atoms with Gasteiger partial charge in [-0.3, -0.25) is 4.21 Å². The van der Waals surface area contributed by atoms with E-state index in [0.29, 0.717) is 0 Å². The standard InChI is InChI=1S/C5H9NO4S/c1-3-10-5(7)4(2)6-11(8)9/h6H,2-3H2,1H3,(H,8,9)/p-1. The molecule has 64 valence electrons. The lowest BCUT2D eigenvalue weighted by Crippen LogP contribution is -2.22. The molecule has 0 heterocycles. The summed E-state index contributed by atoms with van der Waals surface area (Å²) in [6.07, 6.45) is 0. The Labute approximate surface area is 66.8 Å². The fraction of sp³-hybridized carbons (Fsp3) is 0.400. The predicted molar refractivity (Wildman–Crippen MR) is 37.8 cm³/mol. The van der Waals surface area contributed by atoms with Crippen LogP contribution in [0.3, 0.4) is 0 Å². The highest BCUT2D eigenvalue weighted by atomic mass is 32.2. The van der Waals surface area contributed by atoms with Crippen molar-refractivity contribution in [1.82, 2.24) is 4.72 Å². The average Bonchev–Trinajstić information content (AvgIpc) is 1.86. The van der Waals surface area contributed by atoms with Crippen LogP contribution in [0, 0.1) is 0 Å². The van der Waals surface area contributed by atoms with Crippen molar-refractivity contribution in [2.75, 3.05) is 6.61 Å². The third kappa shape index (κ3) is 4.51. The van der Waals surface area contributed by atoms with Gasteiger partial charge in [-0.15, -0.1) is 0 Å². The van der Waals surface area contributed by atoms with Crippen molar-refractivity contribution < 1.29 is 18.3 Å². The van der Waals surface area contributed by atoms with Gasteiger partial charge in [0.1, 0.15) is 5.70 Å². The van der Waals surface area contributed by atoms with E-state index in [9.17, 15) is 13.6 Å². The van der Waals surface area contributed by atoms with Crippen molar-refractivity contribution in [2.45, 2.75) is 6.92 Å². The van der Waals surface area contributed by atoms with Gasteiger partial charge in [0.05, 0.1) is 6.61 Å². The smallest absolute Gasteiger partial charge is 0.354 e. The van der Waals surface area contributed by atoms with Gasteiger partial charge < -0.3 is 14.0 Å². The molecule has 0 aliphatic heterocycles. The SMILES string of the molecule is C=C(NS(=O)[O-])C(=O)OCC. The zero-order valence-corrected chi connectivity index (χ0v) is 6.77. The van der Waals surface area contributed by atoms with Crippen LogP contribution in [0.4, 0.5) is 0 Å². The molecule has 6 heteroatoms. The second kappa shape index (κ2) is 4.86. The zero-order valence-electron chi connectivity index (χ0n) is 5.96. The Balaban J connectivity index is 3.83. The number of hydrogen-bond donors (Lipinski definition) is 1. The van der Waals surface area contributed by atoms with E-state index < -0.39 is 17.2 Å². The van der Waals surface area contributed by atoms with E-state index in [4.69, 9.17) is 0 Å². The molecule has 1 unspecified atom stereocenters. The van der Waals surface area contributed by atoms with Crippen molar-refractivity contribution in [3.8, 4) is 0 Å². The fourth-order valence-electron chi connectivity index (χ4n) is 0.360. The predicted octanol–water partition coefficient (Wildman–Crippen LogP) is -0.553. The third-order valence-electron chi connectivity index (χ3n) is 0.728. The minimum Gasteiger partial charge on any atom is -0.755 e. The summed E-state index contributed by atoms with van der Waals surface area (Å²) in [7, 11) is 0. The Morgan fingerprint density at radius 2 is 2.36 bits per heavy atom. The maximum atomic E-state index is 10.6. The van der Waals surface area contributed by atoms with E-state index in [0.717, 1.165) is 0 Å². The molecular formula is C5H8NO4S-. The number of hydrogen-bond acceptors (Lipinski definition) is 4. The van der Waals surface area contributed by atoms with Crippen molar-refractivity contribution in [2.24, 2.45) is 0 Å². The second-order valence-corrected chi connectivity index (χ2v) is 2.21. The van der Waals surface area contributed by atoms with E-state index in [1.165, 1.54) is 0 Å². The maximum Gasteiger partial charge on any atom is 0.354 e. The number of esters is 1. The summed E-state index contributed by atoms with van der Waals surface area (Å²) in [6, 6.07) is 0. The lowest BCUT2D eigenvalue weighted by atomic mass is 10.5. The summed E-state index contributed by atoms with van der Waals surface area (Å²) in [5.74, 6) is -0.767. The molecule has 0 aliphatic rings. The van der Waals surface area contributed by atoms with E-state index in [-0.39, 0.29) is 12.3 Å². The Morgan fingerprint density at radius 1 is 1.82 bits per heavy atom. The minimum absolute atomic E-state index is 0.186. The lowest BCUT2D eigenvalue weighted by molar-refractivity contribution is -0.138. The van der Waals surface area contributed by atoms with Crippen LogP contribution >= 0.6 is 0 Å². The second-order valence-electron chi connectivity index (χ2n) is 1.54. The van der Waals surface area contributed by atoms with Crippen LogP contribution in [0.15, 0.2) is 12.3 Å². The van der Waals surface area contributed by atoms with Gasteiger partial charge in [-0.2, -0.15) is 0 Å². The van der Waals surface area contributed by atoms with Gasteiger partial charge >= 0.3 is 5.97 Å². The van der Waals surface area contributed by atoms with Gasteiger partial charge in [-0.05, 0) is 6.92 Å². The van der Waals surface area contributed by atoms with Crippen LogP contribution in [-0.2, 0) is 20.8 Å². The summed E-state index contributed by atoms with van der Waals surface area (Å²) in [5.41, 5.74) is -0.291. The molecule has 1 N–H and O–H groups in total. The highest BCUT2D eigenvalue weighted by Crippen LogP contribution is 1.89. The number of carbonyl (C=O) groups excluding carboxylic acids is 1. The van der Waals surface area contributed by atoms with Crippen LogP contribution < -0.4 is 4.72 Å². The molecule has 0 aromatic carbocycles. The molecule has 0 bridgehead atoms. The van der Waals surface area contributed by atoms with Crippen LogP contribution in [0.5, 0.6) is 0 Å². The molecule has 0 saturated heterocycles. The monoisotopic (exact) mass is 178 g/mol. The van der Waals surface area contributed by atoms with E-state index in [1.807, 2.05) is 0 Å². The first-order valence-electron chi connectivity index (χ1n) is 2.80. The largest absolute Gasteiger partial charge is 0.755 e. The van der Waals surface area contributed by atoms with Crippen LogP contribution in [0.1, 0.15) is 6.92 Å². The Bertz CT molecular complexity index is 191. The molecule has 0 rings (SSSR count). The zero-order chi connectivity index (χ0) is 8.85. The molecule has 0 fully saturated rings. The fourth-order valence-corrected chi connectivity index (χ4v) is 0.645. The van der Waals surface area contributed by atoms with E-state index in [2.05, 4.69) is 11.3 Å². The summed E-state index contributed by atoms with van der Waals surface area (Å²) < 4.78 is 26.1. The molecule has 0 aromatic heterocycles. The minimum atomic E-state index is -2.52. The Morgan fingerprint density at radius 3 is 2.73 bits per heavy atom. The van der Waals surface area contributed by atoms with Gasteiger partial charge in [0.2, 0.25) is 0 Å². The lowest BCUT2D eigenvalue weighted by Gasteiger charge is -2.09. The number of ether oxygens (including phenoxy) is 1.